The number of hydrogen-bond acceptors (Lipinski definition) is 8. The number of carbonyl (C=O) groups excluding carboxylic acids is 1. The van der Waals surface area contributed by atoms with Gasteiger partial charge in [-0.25, -0.2) is 0 Å². The van der Waals surface area contributed by atoms with Gasteiger partial charge in [0.25, 0.3) is 5.22 Å². The number of aromatic nitrogens is 3. The molecule has 0 radical (unpaired) electrons. The number of pyridine rings is 1. The first-order chi connectivity index (χ1) is 13.7. The smallest absolute Gasteiger partial charge is 0.277 e. The Labute approximate surface area is 166 Å². The molecule has 0 unspecified atom stereocenters. The lowest BCUT2D eigenvalue weighted by atomic mass is 10.1. The van der Waals surface area contributed by atoms with Gasteiger partial charge >= 0.3 is 0 Å². The molecule has 3 rings (SSSR count). The van der Waals surface area contributed by atoms with Crippen molar-refractivity contribution in [2.75, 3.05) is 26.5 Å². The van der Waals surface area contributed by atoms with Crippen molar-refractivity contribution >= 4 is 17.7 Å². The summed E-state index contributed by atoms with van der Waals surface area (Å²) < 4.78 is 16.0. The summed E-state index contributed by atoms with van der Waals surface area (Å²) in [6.07, 6.45) is 3.99. The topological polar surface area (TPSA) is 99.4 Å². The van der Waals surface area contributed by atoms with Crippen molar-refractivity contribution in [3.8, 4) is 23.0 Å². The summed E-state index contributed by atoms with van der Waals surface area (Å²) in [7, 11) is 3.19. The zero-order valence-corrected chi connectivity index (χ0v) is 16.4. The zero-order chi connectivity index (χ0) is 19.8. The summed E-state index contributed by atoms with van der Waals surface area (Å²) in [5, 5.41) is 11.2. The molecule has 0 aliphatic carbocycles. The summed E-state index contributed by atoms with van der Waals surface area (Å²) in [6, 6.07) is 9.26. The summed E-state index contributed by atoms with van der Waals surface area (Å²) >= 11 is 1.20. The van der Waals surface area contributed by atoms with E-state index in [2.05, 4.69) is 20.5 Å². The summed E-state index contributed by atoms with van der Waals surface area (Å²) in [5.41, 5.74) is 1.83. The third-order valence-corrected chi connectivity index (χ3v) is 4.66. The van der Waals surface area contributed by atoms with Crippen LogP contribution in [0.3, 0.4) is 0 Å². The quantitative estimate of drug-likeness (QED) is 0.547. The monoisotopic (exact) mass is 400 g/mol. The predicted octanol–water partition coefficient (Wildman–Crippen LogP) is 2.60. The van der Waals surface area contributed by atoms with Crippen LogP contribution in [0.1, 0.15) is 5.56 Å². The van der Waals surface area contributed by atoms with Gasteiger partial charge in [0.2, 0.25) is 11.8 Å². The second kappa shape index (κ2) is 9.75. The minimum absolute atomic E-state index is 0.103. The first kappa shape index (κ1) is 19.7. The van der Waals surface area contributed by atoms with Gasteiger partial charge in [-0.1, -0.05) is 17.8 Å². The number of carbonyl (C=O) groups is 1. The molecule has 0 saturated heterocycles. The molecule has 28 heavy (non-hydrogen) atoms. The van der Waals surface area contributed by atoms with E-state index in [1.807, 2.05) is 18.2 Å². The van der Waals surface area contributed by atoms with Gasteiger partial charge in [-0.3, -0.25) is 9.78 Å². The number of nitrogens with one attached hydrogen (secondary N) is 1. The number of methoxy groups -OCH3 is 2. The Morgan fingerprint density at radius 1 is 1.11 bits per heavy atom. The van der Waals surface area contributed by atoms with E-state index in [9.17, 15) is 4.79 Å². The second-order valence-corrected chi connectivity index (χ2v) is 6.61. The lowest BCUT2D eigenvalue weighted by molar-refractivity contribution is -0.118. The summed E-state index contributed by atoms with van der Waals surface area (Å²) in [5.74, 6) is 1.85. The average molecular weight is 400 g/mol. The molecule has 1 aromatic carbocycles. The van der Waals surface area contributed by atoms with Crippen molar-refractivity contribution in [2.45, 2.75) is 11.6 Å². The van der Waals surface area contributed by atoms with Crippen LogP contribution < -0.4 is 14.8 Å². The van der Waals surface area contributed by atoms with E-state index in [1.54, 1.807) is 38.7 Å². The number of amides is 1. The lowest BCUT2D eigenvalue weighted by Crippen LogP contribution is -2.27. The second-order valence-electron chi connectivity index (χ2n) is 5.69. The van der Waals surface area contributed by atoms with Gasteiger partial charge in [0.05, 0.1) is 20.0 Å². The number of thioether (sulfide) groups is 1. The minimum atomic E-state index is -0.103. The molecule has 146 valence electrons. The molecule has 0 atom stereocenters. The SMILES string of the molecule is COc1ccc(CCNC(=O)CSc2nnc(-c3ccncc3)o2)cc1OC. The van der Waals surface area contributed by atoms with Crippen molar-refractivity contribution in [3.05, 3.63) is 48.3 Å². The highest BCUT2D eigenvalue weighted by Gasteiger charge is 2.11. The van der Waals surface area contributed by atoms with E-state index in [4.69, 9.17) is 13.9 Å². The molecular weight excluding hydrogens is 380 g/mol. The molecule has 1 amide bonds. The van der Waals surface area contributed by atoms with Gasteiger partial charge in [-0.2, -0.15) is 0 Å². The van der Waals surface area contributed by atoms with Gasteiger partial charge in [-0.15, -0.1) is 10.2 Å². The first-order valence-corrected chi connectivity index (χ1v) is 9.52. The van der Waals surface area contributed by atoms with Crippen molar-refractivity contribution in [3.63, 3.8) is 0 Å². The first-order valence-electron chi connectivity index (χ1n) is 8.54. The standard InChI is InChI=1S/C19H20N4O4S/c1-25-15-4-3-13(11-16(15)26-2)5-10-21-17(24)12-28-19-23-22-18(27-19)14-6-8-20-9-7-14/h3-4,6-9,11H,5,10,12H2,1-2H3,(H,21,24). The van der Waals surface area contributed by atoms with Crippen LogP contribution in [-0.2, 0) is 11.2 Å². The molecule has 0 aliphatic rings. The fraction of sp³-hybridized carbons (Fsp3) is 0.263. The van der Waals surface area contributed by atoms with E-state index in [1.165, 1.54) is 11.8 Å². The molecular formula is C19H20N4O4S. The van der Waals surface area contributed by atoms with Crippen LogP contribution >= 0.6 is 11.8 Å². The van der Waals surface area contributed by atoms with Gasteiger partial charge in [0.1, 0.15) is 0 Å². The van der Waals surface area contributed by atoms with E-state index >= 15 is 0 Å². The maximum absolute atomic E-state index is 12.0. The molecule has 0 fully saturated rings. The van der Waals surface area contributed by atoms with Gasteiger partial charge in [0, 0.05) is 24.5 Å². The van der Waals surface area contributed by atoms with E-state index in [0.29, 0.717) is 35.6 Å². The van der Waals surface area contributed by atoms with Crippen molar-refractivity contribution in [1.29, 1.82) is 0 Å². The van der Waals surface area contributed by atoms with Crippen molar-refractivity contribution < 1.29 is 18.7 Å². The fourth-order valence-electron chi connectivity index (χ4n) is 2.44. The lowest BCUT2D eigenvalue weighted by Gasteiger charge is -2.10. The molecule has 1 N–H and O–H groups in total. The molecule has 0 saturated carbocycles. The number of rotatable bonds is 9. The third kappa shape index (κ3) is 5.23. The van der Waals surface area contributed by atoms with Crippen molar-refractivity contribution in [1.82, 2.24) is 20.5 Å². The van der Waals surface area contributed by atoms with Crippen molar-refractivity contribution in [2.24, 2.45) is 0 Å². The van der Waals surface area contributed by atoms with Crippen LogP contribution in [0.4, 0.5) is 0 Å². The van der Waals surface area contributed by atoms with E-state index in [-0.39, 0.29) is 11.7 Å². The Kier molecular flexibility index (Phi) is 6.85. The number of nitrogens with zero attached hydrogens (tertiary/aromatic N) is 3. The maximum atomic E-state index is 12.0. The Morgan fingerprint density at radius 2 is 1.89 bits per heavy atom. The highest BCUT2D eigenvalue weighted by atomic mass is 32.2. The Balaban J connectivity index is 1.43. The van der Waals surface area contributed by atoms with Crippen LogP contribution in [0.2, 0.25) is 0 Å². The van der Waals surface area contributed by atoms with E-state index < -0.39 is 0 Å². The molecule has 3 aromatic rings. The normalized spacial score (nSPS) is 10.5. The van der Waals surface area contributed by atoms with Gasteiger partial charge in [0.15, 0.2) is 11.5 Å². The third-order valence-electron chi connectivity index (χ3n) is 3.84. The average Bonchev–Trinajstić information content (AvgIpc) is 3.22. The Hall–Kier alpha value is -3.07. The molecule has 2 heterocycles. The number of benzene rings is 1. The van der Waals surface area contributed by atoms with Gasteiger partial charge < -0.3 is 19.2 Å². The Morgan fingerprint density at radius 3 is 2.64 bits per heavy atom. The molecule has 0 spiro atoms. The number of ether oxygens (including phenoxy) is 2. The van der Waals surface area contributed by atoms with Crippen LogP contribution in [0.5, 0.6) is 11.5 Å². The minimum Gasteiger partial charge on any atom is -0.493 e. The summed E-state index contributed by atoms with van der Waals surface area (Å²) in [4.78, 5) is 16.0. The van der Waals surface area contributed by atoms with Gasteiger partial charge in [-0.05, 0) is 36.2 Å². The predicted molar refractivity (Wildman–Crippen MR) is 105 cm³/mol. The van der Waals surface area contributed by atoms with Crippen LogP contribution in [0.25, 0.3) is 11.5 Å². The van der Waals surface area contributed by atoms with Crippen LogP contribution in [-0.4, -0.2) is 47.6 Å². The fourth-order valence-corrected chi connectivity index (χ4v) is 3.03. The maximum Gasteiger partial charge on any atom is 0.277 e. The molecule has 9 heteroatoms. The molecule has 2 aromatic heterocycles. The summed E-state index contributed by atoms with van der Waals surface area (Å²) in [6.45, 7) is 0.515. The molecule has 0 bridgehead atoms. The highest BCUT2D eigenvalue weighted by molar-refractivity contribution is 7.99. The molecule has 8 nitrogen and oxygen atoms in total. The molecule has 0 aliphatic heterocycles. The largest absolute Gasteiger partial charge is 0.493 e. The van der Waals surface area contributed by atoms with Crippen LogP contribution in [0.15, 0.2) is 52.4 Å². The Bertz CT molecular complexity index is 917. The van der Waals surface area contributed by atoms with Crippen LogP contribution in [0, 0.1) is 0 Å². The van der Waals surface area contributed by atoms with E-state index in [0.717, 1.165) is 11.1 Å². The highest BCUT2D eigenvalue weighted by Crippen LogP contribution is 2.27. The zero-order valence-electron chi connectivity index (χ0n) is 15.5. The number of hydrogen-bond donors (Lipinski definition) is 1.